The van der Waals surface area contributed by atoms with Gasteiger partial charge in [-0.2, -0.15) is 4.31 Å². The number of carbonyl (C=O) groups excluding carboxylic acids is 1. The van der Waals surface area contributed by atoms with E-state index in [-0.39, 0.29) is 24.0 Å². The van der Waals surface area contributed by atoms with Crippen molar-refractivity contribution in [3.05, 3.63) is 29.8 Å². The number of ether oxygens (including phenoxy) is 1. The Kier molecular flexibility index (Phi) is 5.07. The summed E-state index contributed by atoms with van der Waals surface area (Å²) in [4.78, 5) is 13.4. The Bertz CT molecular complexity index is 830. The molecule has 2 aliphatic rings. The van der Waals surface area contributed by atoms with Gasteiger partial charge in [-0.3, -0.25) is 4.79 Å². The van der Waals surface area contributed by atoms with Crippen molar-refractivity contribution >= 4 is 15.9 Å². The number of rotatable bonds is 6. The van der Waals surface area contributed by atoms with E-state index in [1.807, 2.05) is 13.8 Å². The molecule has 6 nitrogen and oxygen atoms in total. The third-order valence-electron chi connectivity index (χ3n) is 5.35. The number of sulfonamides is 1. The van der Waals surface area contributed by atoms with Crippen molar-refractivity contribution in [2.75, 3.05) is 39.9 Å². The van der Waals surface area contributed by atoms with Gasteiger partial charge in [0.1, 0.15) is 0 Å². The van der Waals surface area contributed by atoms with E-state index in [1.54, 1.807) is 12.1 Å². The molecule has 2 heterocycles. The highest BCUT2D eigenvalue weighted by molar-refractivity contribution is 7.89. The molecule has 0 aliphatic carbocycles. The lowest BCUT2D eigenvalue weighted by molar-refractivity contribution is -0.139. The van der Waals surface area contributed by atoms with Crippen molar-refractivity contribution in [1.29, 1.82) is 0 Å². The summed E-state index contributed by atoms with van der Waals surface area (Å²) in [6.07, 6.45) is 0. The van der Waals surface area contributed by atoms with Crippen LogP contribution in [0.25, 0.3) is 0 Å². The second-order valence-electron chi connectivity index (χ2n) is 7.48. The molecular formula is C18H24F2N2O4S. The summed E-state index contributed by atoms with van der Waals surface area (Å²) in [5.74, 6) is -0.790. The van der Waals surface area contributed by atoms with Crippen LogP contribution in [0.2, 0.25) is 0 Å². The Morgan fingerprint density at radius 1 is 1.15 bits per heavy atom. The number of benzene rings is 1. The molecule has 0 bridgehead atoms. The Hall–Kier alpha value is -1.58. The fourth-order valence-electron chi connectivity index (χ4n) is 3.63. The summed E-state index contributed by atoms with van der Waals surface area (Å²) in [6.45, 7) is 2.19. The van der Waals surface area contributed by atoms with Gasteiger partial charge in [-0.25, -0.2) is 17.2 Å². The maximum atomic E-state index is 15.3. The molecule has 1 amide bonds. The number of amides is 1. The van der Waals surface area contributed by atoms with Gasteiger partial charge < -0.3 is 9.64 Å². The summed E-state index contributed by atoms with van der Waals surface area (Å²) >= 11 is 0. The number of alkyl halides is 2. The average Bonchev–Trinajstić information content (AvgIpc) is 2.99. The second-order valence-corrected chi connectivity index (χ2v) is 9.42. The third kappa shape index (κ3) is 3.15. The molecule has 27 heavy (non-hydrogen) atoms. The normalized spacial score (nSPS) is 29.0. The zero-order valence-electron chi connectivity index (χ0n) is 15.6. The zero-order valence-corrected chi connectivity index (χ0v) is 16.4. The highest BCUT2D eigenvalue weighted by Crippen LogP contribution is 2.46. The fourth-order valence-corrected chi connectivity index (χ4v) is 5.13. The number of nitrogens with zero attached hydrogens (tertiary/aromatic N) is 2. The third-order valence-corrected chi connectivity index (χ3v) is 7.15. The number of methoxy groups -OCH3 is 1. The first-order valence-electron chi connectivity index (χ1n) is 8.81. The van der Waals surface area contributed by atoms with Crippen molar-refractivity contribution in [3.8, 4) is 0 Å². The molecule has 2 atom stereocenters. The molecule has 1 aromatic rings. The molecule has 2 fully saturated rings. The van der Waals surface area contributed by atoms with Gasteiger partial charge >= 0.3 is 0 Å². The number of hydrogen-bond acceptors (Lipinski definition) is 4. The van der Waals surface area contributed by atoms with Crippen molar-refractivity contribution in [3.63, 3.8) is 0 Å². The Labute approximate surface area is 158 Å². The van der Waals surface area contributed by atoms with Gasteiger partial charge in [0, 0.05) is 13.7 Å². The Balaban J connectivity index is 1.84. The smallest absolute Gasteiger partial charge is 0.265 e. The maximum absolute atomic E-state index is 15.3. The van der Waals surface area contributed by atoms with Crippen LogP contribution in [0.1, 0.15) is 25.3 Å². The van der Waals surface area contributed by atoms with E-state index < -0.39 is 46.9 Å². The molecule has 2 aliphatic heterocycles. The zero-order chi connectivity index (χ0) is 20.0. The number of fused-ring (bicyclic) bond motifs is 1. The molecule has 1 aromatic carbocycles. The molecule has 9 heteroatoms. The quantitative estimate of drug-likeness (QED) is 0.727. The van der Waals surface area contributed by atoms with E-state index in [1.165, 1.54) is 19.2 Å². The lowest BCUT2D eigenvalue weighted by atomic mass is 9.93. The van der Waals surface area contributed by atoms with Gasteiger partial charge in [0.05, 0.1) is 31.1 Å². The van der Waals surface area contributed by atoms with Crippen LogP contribution in [-0.2, 0) is 19.6 Å². The average molecular weight is 402 g/mol. The monoisotopic (exact) mass is 402 g/mol. The van der Waals surface area contributed by atoms with Crippen LogP contribution >= 0.6 is 0 Å². The Morgan fingerprint density at radius 3 is 2.30 bits per heavy atom. The van der Waals surface area contributed by atoms with Gasteiger partial charge in [0.15, 0.2) is 5.67 Å². The van der Waals surface area contributed by atoms with E-state index in [9.17, 15) is 13.2 Å². The van der Waals surface area contributed by atoms with Crippen molar-refractivity contribution in [2.24, 2.45) is 0 Å². The minimum atomic E-state index is -4.10. The maximum Gasteiger partial charge on any atom is 0.265 e. The minimum absolute atomic E-state index is 0.0391. The van der Waals surface area contributed by atoms with E-state index >= 15 is 8.78 Å². The summed E-state index contributed by atoms with van der Waals surface area (Å²) in [5.41, 5.74) is -4.48. The predicted molar refractivity (Wildman–Crippen MR) is 95.4 cm³/mol. The molecule has 0 N–H and O–H groups in total. The largest absolute Gasteiger partial charge is 0.383 e. The molecule has 0 saturated carbocycles. The van der Waals surface area contributed by atoms with Crippen molar-refractivity contribution in [1.82, 2.24) is 9.21 Å². The van der Waals surface area contributed by atoms with Crippen LogP contribution < -0.4 is 0 Å². The Morgan fingerprint density at radius 2 is 1.78 bits per heavy atom. The van der Waals surface area contributed by atoms with E-state index in [0.717, 1.165) is 14.8 Å². The molecule has 0 radical (unpaired) electrons. The van der Waals surface area contributed by atoms with Gasteiger partial charge in [-0.05, 0) is 23.6 Å². The van der Waals surface area contributed by atoms with Gasteiger partial charge in [0.2, 0.25) is 15.7 Å². The van der Waals surface area contributed by atoms with Crippen LogP contribution in [0.15, 0.2) is 29.2 Å². The minimum Gasteiger partial charge on any atom is -0.383 e. The summed E-state index contributed by atoms with van der Waals surface area (Å²) in [6, 6.07) is 6.23. The number of likely N-dealkylation sites (tertiary alicyclic amines) is 1. The molecule has 150 valence electrons. The summed E-state index contributed by atoms with van der Waals surface area (Å²) < 4.78 is 61.9. The van der Waals surface area contributed by atoms with Crippen LogP contribution in [0, 0.1) is 0 Å². The SMILES string of the molecule is COCCN1C[C@@]2(F)CN(S(=O)(=O)c3ccc(C(C)C)cc3)C[C@@]2(F)C1=O. The first kappa shape index (κ1) is 20.2. The molecule has 0 aromatic heterocycles. The molecular weight excluding hydrogens is 378 g/mol. The van der Waals surface area contributed by atoms with Crippen molar-refractivity contribution in [2.45, 2.75) is 36.0 Å². The molecule has 2 saturated heterocycles. The van der Waals surface area contributed by atoms with Crippen LogP contribution in [-0.4, -0.2) is 74.8 Å². The second kappa shape index (κ2) is 6.79. The van der Waals surface area contributed by atoms with Crippen LogP contribution in [0.3, 0.4) is 0 Å². The van der Waals surface area contributed by atoms with Gasteiger partial charge in [-0.15, -0.1) is 0 Å². The van der Waals surface area contributed by atoms with Crippen molar-refractivity contribution < 1.29 is 26.7 Å². The molecule has 0 spiro atoms. The van der Waals surface area contributed by atoms with Crippen LogP contribution in [0.5, 0.6) is 0 Å². The van der Waals surface area contributed by atoms with Gasteiger partial charge in [0.25, 0.3) is 5.91 Å². The highest BCUT2D eigenvalue weighted by atomic mass is 32.2. The summed E-state index contributed by atoms with van der Waals surface area (Å²) in [5, 5.41) is 0. The number of halogens is 2. The van der Waals surface area contributed by atoms with Gasteiger partial charge in [-0.1, -0.05) is 26.0 Å². The van der Waals surface area contributed by atoms with Crippen LogP contribution in [0.4, 0.5) is 8.78 Å². The summed E-state index contributed by atoms with van der Waals surface area (Å²) in [7, 11) is -2.67. The standard InChI is InChI=1S/C18H24F2N2O4S/c1-13(2)14-4-6-15(7-5-14)27(24,25)22-11-17(19)10-21(8-9-26-3)16(23)18(17,20)12-22/h4-7,13H,8-12H2,1-3H3/t17-,18-/m1/s1. The molecule has 0 unspecified atom stereocenters. The number of carbonyl (C=O) groups is 1. The fraction of sp³-hybridized carbons (Fsp3) is 0.611. The van der Waals surface area contributed by atoms with E-state index in [0.29, 0.717) is 0 Å². The topological polar surface area (TPSA) is 66.9 Å². The highest BCUT2D eigenvalue weighted by Gasteiger charge is 2.72. The van der Waals surface area contributed by atoms with E-state index in [2.05, 4.69) is 0 Å². The predicted octanol–water partition coefficient (Wildman–Crippen LogP) is 1.72. The number of hydrogen-bond donors (Lipinski definition) is 0. The van der Waals surface area contributed by atoms with E-state index in [4.69, 9.17) is 4.74 Å². The first-order chi connectivity index (χ1) is 12.5. The lowest BCUT2D eigenvalue weighted by Crippen LogP contribution is -2.47. The molecule has 3 rings (SSSR count). The lowest BCUT2D eigenvalue weighted by Gasteiger charge is -2.22. The first-order valence-corrected chi connectivity index (χ1v) is 10.3.